The minimum absolute atomic E-state index is 0.0208. The summed E-state index contributed by atoms with van der Waals surface area (Å²) >= 11 is 0. The van der Waals surface area contributed by atoms with Crippen LogP contribution in [0.4, 0.5) is 0 Å². The molecule has 0 aliphatic carbocycles. The second kappa shape index (κ2) is 24.2. The van der Waals surface area contributed by atoms with Gasteiger partial charge in [-0.25, -0.2) is 0 Å². The van der Waals surface area contributed by atoms with Crippen molar-refractivity contribution in [2.24, 2.45) is 0 Å². The van der Waals surface area contributed by atoms with Gasteiger partial charge in [-0.3, -0.25) is 4.79 Å². The first-order valence-corrected chi connectivity index (χ1v) is 9.65. The Morgan fingerprint density at radius 1 is 0.643 bits per heavy atom. The van der Waals surface area contributed by atoms with E-state index in [0.717, 1.165) is 6.42 Å². The molecule has 0 atom stereocenters. The molecular formula is C18H37NO9. The summed E-state index contributed by atoms with van der Waals surface area (Å²) in [6.45, 7) is 7.61. The molecule has 0 fully saturated rings. The van der Waals surface area contributed by atoms with Gasteiger partial charge in [0.2, 0.25) is 0 Å². The number of carbonyl (C=O) groups is 1. The van der Waals surface area contributed by atoms with Gasteiger partial charge in [0.25, 0.3) is 0 Å². The van der Waals surface area contributed by atoms with Gasteiger partial charge in [-0.15, -0.1) is 0 Å². The van der Waals surface area contributed by atoms with Crippen LogP contribution in [0, 0.1) is 0 Å². The van der Waals surface area contributed by atoms with Crippen LogP contribution in [0.3, 0.4) is 0 Å². The van der Waals surface area contributed by atoms with Crippen LogP contribution in [-0.4, -0.2) is 117 Å². The first kappa shape index (κ1) is 27.1. The molecule has 0 aromatic carbocycles. The van der Waals surface area contributed by atoms with E-state index in [1.807, 2.05) is 0 Å². The number of ether oxygens (including phenoxy) is 7. The van der Waals surface area contributed by atoms with E-state index in [1.165, 1.54) is 0 Å². The largest absolute Gasteiger partial charge is 0.480 e. The van der Waals surface area contributed by atoms with E-state index in [1.54, 1.807) is 7.11 Å². The minimum Gasteiger partial charge on any atom is -0.480 e. The molecule has 0 bridgehead atoms. The van der Waals surface area contributed by atoms with Gasteiger partial charge in [0, 0.05) is 13.7 Å². The zero-order valence-corrected chi connectivity index (χ0v) is 17.0. The third-order valence-electron chi connectivity index (χ3n) is 3.21. The number of carboxylic acid groups (broad SMARTS) is 1. The Bertz CT molecular complexity index is 321. The molecule has 28 heavy (non-hydrogen) atoms. The first-order chi connectivity index (χ1) is 13.8. The molecule has 168 valence electrons. The first-order valence-electron chi connectivity index (χ1n) is 9.65. The number of methoxy groups -OCH3 is 1. The number of carboxylic acids is 1. The Labute approximate surface area is 167 Å². The molecule has 0 aromatic rings. The second-order valence-electron chi connectivity index (χ2n) is 5.59. The monoisotopic (exact) mass is 411 g/mol. The van der Waals surface area contributed by atoms with Crippen LogP contribution < -0.4 is 5.32 Å². The Kier molecular flexibility index (Phi) is 23.5. The summed E-state index contributed by atoms with van der Waals surface area (Å²) in [6, 6.07) is 0. The highest BCUT2D eigenvalue weighted by Crippen LogP contribution is 1.86. The van der Waals surface area contributed by atoms with Crippen LogP contribution in [0.2, 0.25) is 0 Å². The summed E-state index contributed by atoms with van der Waals surface area (Å²) in [7, 11) is 1.64. The normalized spacial score (nSPS) is 11.2. The average Bonchev–Trinajstić information content (AvgIpc) is 2.68. The lowest BCUT2D eigenvalue weighted by molar-refractivity contribution is -0.135. The van der Waals surface area contributed by atoms with Crippen molar-refractivity contribution in [1.29, 1.82) is 0 Å². The quantitative estimate of drug-likeness (QED) is 0.207. The van der Waals surface area contributed by atoms with Gasteiger partial charge in [-0.2, -0.15) is 0 Å². The van der Waals surface area contributed by atoms with Crippen LogP contribution in [-0.2, 0) is 38.0 Å². The summed E-state index contributed by atoms with van der Waals surface area (Å²) in [4.78, 5) is 10.3. The maximum Gasteiger partial charge on any atom is 0.317 e. The van der Waals surface area contributed by atoms with Crippen LogP contribution in [0.1, 0.15) is 6.42 Å². The third kappa shape index (κ3) is 25.1. The topological polar surface area (TPSA) is 114 Å². The van der Waals surface area contributed by atoms with Gasteiger partial charge in [-0.05, 0) is 13.0 Å². The molecule has 2 N–H and O–H groups in total. The van der Waals surface area contributed by atoms with Crippen LogP contribution in [0.25, 0.3) is 0 Å². The lowest BCUT2D eigenvalue weighted by Crippen LogP contribution is -2.24. The molecule has 0 radical (unpaired) electrons. The van der Waals surface area contributed by atoms with Crippen molar-refractivity contribution in [3.8, 4) is 0 Å². The number of aliphatic carboxylic acids is 1. The van der Waals surface area contributed by atoms with Crippen molar-refractivity contribution < 1.29 is 43.1 Å². The van der Waals surface area contributed by atoms with E-state index in [0.29, 0.717) is 92.4 Å². The minimum atomic E-state index is -0.854. The Morgan fingerprint density at radius 2 is 1.00 bits per heavy atom. The molecule has 0 unspecified atom stereocenters. The van der Waals surface area contributed by atoms with Gasteiger partial charge < -0.3 is 43.6 Å². The SMILES string of the molecule is COCCOCCOCCOCCOCCOCCOCCCNCC(=O)O. The highest BCUT2D eigenvalue weighted by atomic mass is 16.6. The molecule has 0 saturated carbocycles. The summed E-state index contributed by atoms with van der Waals surface area (Å²) in [6.07, 6.45) is 0.767. The third-order valence-corrected chi connectivity index (χ3v) is 3.21. The number of hydrogen-bond acceptors (Lipinski definition) is 9. The molecule has 0 aromatic heterocycles. The Hall–Kier alpha value is -0.850. The van der Waals surface area contributed by atoms with E-state index in [-0.39, 0.29) is 6.54 Å². The van der Waals surface area contributed by atoms with Crippen LogP contribution in [0.15, 0.2) is 0 Å². The lowest BCUT2D eigenvalue weighted by atomic mass is 10.4. The van der Waals surface area contributed by atoms with E-state index in [2.05, 4.69) is 5.32 Å². The predicted molar refractivity (Wildman–Crippen MR) is 102 cm³/mol. The maximum atomic E-state index is 10.3. The summed E-state index contributed by atoms with van der Waals surface area (Å²) < 4.78 is 37.0. The van der Waals surface area contributed by atoms with E-state index in [9.17, 15) is 4.79 Å². The van der Waals surface area contributed by atoms with Crippen molar-refractivity contribution >= 4 is 5.97 Å². The summed E-state index contributed by atoms with van der Waals surface area (Å²) in [5.41, 5.74) is 0. The van der Waals surface area contributed by atoms with E-state index < -0.39 is 5.97 Å². The van der Waals surface area contributed by atoms with E-state index in [4.69, 9.17) is 38.3 Å². The van der Waals surface area contributed by atoms with Gasteiger partial charge in [0.1, 0.15) is 0 Å². The highest BCUT2D eigenvalue weighted by molar-refractivity contribution is 5.68. The van der Waals surface area contributed by atoms with Crippen molar-refractivity contribution in [3.63, 3.8) is 0 Å². The zero-order chi connectivity index (χ0) is 20.5. The Balaban J connectivity index is 2.99. The van der Waals surface area contributed by atoms with Gasteiger partial charge >= 0.3 is 5.97 Å². The molecule has 0 rings (SSSR count). The molecule has 0 spiro atoms. The second-order valence-corrected chi connectivity index (χ2v) is 5.59. The standard InChI is InChI=1S/C18H37NO9/c1-22-5-6-24-9-10-26-13-14-28-16-15-27-12-11-25-8-7-23-4-2-3-19-17-18(20)21/h19H,2-17H2,1H3,(H,20,21). The molecule has 10 heteroatoms. The van der Waals surface area contributed by atoms with Crippen molar-refractivity contribution in [2.45, 2.75) is 6.42 Å². The Morgan fingerprint density at radius 3 is 1.36 bits per heavy atom. The van der Waals surface area contributed by atoms with Crippen LogP contribution >= 0.6 is 0 Å². The fourth-order valence-corrected chi connectivity index (χ4v) is 1.84. The predicted octanol–water partition coefficient (Wildman–Crippen LogP) is -0.203. The molecule has 0 amide bonds. The molecule has 0 aliphatic rings. The highest BCUT2D eigenvalue weighted by Gasteiger charge is 1.96. The number of hydrogen-bond donors (Lipinski definition) is 2. The van der Waals surface area contributed by atoms with Crippen molar-refractivity contribution in [1.82, 2.24) is 5.32 Å². The van der Waals surface area contributed by atoms with Crippen molar-refractivity contribution in [2.75, 3.05) is 106 Å². The van der Waals surface area contributed by atoms with Crippen LogP contribution in [0.5, 0.6) is 0 Å². The average molecular weight is 411 g/mol. The molecule has 0 heterocycles. The zero-order valence-electron chi connectivity index (χ0n) is 17.0. The van der Waals surface area contributed by atoms with E-state index >= 15 is 0 Å². The summed E-state index contributed by atoms with van der Waals surface area (Å²) in [5, 5.41) is 11.2. The fraction of sp³-hybridized carbons (Fsp3) is 0.944. The van der Waals surface area contributed by atoms with Gasteiger partial charge in [-0.1, -0.05) is 0 Å². The van der Waals surface area contributed by atoms with Crippen molar-refractivity contribution in [3.05, 3.63) is 0 Å². The van der Waals surface area contributed by atoms with Gasteiger partial charge in [0.15, 0.2) is 0 Å². The smallest absolute Gasteiger partial charge is 0.317 e. The molecule has 0 saturated heterocycles. The molecular weight excluding hydrogens is 374 g/mol. The maximum absolute atomic E-state index is 10.3. The number of nitrogens with one attached hydrogen (secondary N) is 1. The molecule has 10 nitrogen and oxygen atoms in total. The fourth-order valence-electron chi connectivity index (χ4n) is 1.84. The number of rotatable bonds is 24. The lowest BCUT2D eigenvalue weighted by Gasteiger charge is -2.08. The van der Waals surface area contributed by atoms with Gasteiger partial charge in [0.05, 0.1) is 85.8 Å². The molecule has 0 aliphatic heterocycles. The summed E-state index contributed by atoms with van der Waals surface area (Å²) in [5.74, 6) is -0.854.